The first-order valence-electron chi connectivity index (χ1n) is 5.49. The van der Waals surface area contributed by atoms with E-state index >= 15 is 0 Å². The van der Waals surface area contributed by atoms with Gasteiger partial charge in [0.15, 0.2) is 0 Å². The molecule has 1 saturated heterocycles. The number of nitrogens with one attached hydrogen (secondary N) is 1. The lowest BCUT2D eigenvalue weighted by Gasteiger charge is -2.16. The number of nitrogens with two attached hydrogens (primary N) is 1. The third-order valence-electron chi connectivity index (χ3n) is 2.85. The maximum Gasteiger partial charge on any atom is 0.325 e. The highest BCUT2D eigenvalue weighted by Gasteiger charge is 2.44. The largest absolute Gasteiger partial charge is 0.399 e. The summed E-state index contributed by atoms with van der Waals surface area (Å²) in [6.45, 7) is 3.11. The fraction of sp³-hybridized carbons (Fsp3) is 0.333. The molecule has 3 N–H and O–H groups in total. The van der Waals surface area contributed by atoms with Gasteiger partial charge in [-0.1, -0.05) is 6.07 Å². The standard InChI is InChI=1S/C12H14FN3O2/c1-12(2)10(17)16(11(18)15-12)6-7-3-4-8(14)5-9(7)13/h3-5H,6,14H2,1-2H3,(H,15,18). The van der Waals surface area contributed by atoms with Crippen LogP contribution in [0.15, 0.2) is 18.2 Å². The second-order valence-electron chi connectivity index (χ2n) is 4.80. The van der Waals surface area contributed by atoms with Gasteiger partial charge in [0.25, 0.3) is 5.91 Å². The topological polar surface area (TPSA) is 75.4 Å². The molecular weight excluding hydrogens is 237 g/mol. The van der Waals surface area contributed by atoms with Gasteiger partial charge < -0.3 is 11.1 Å². The molecule has 18 heavy (non-hydrogen) atoms. The van der Waals surface area contributed by atoms with E-state index in [1.807, 2.05) is 0 Å². The first-order chi connectivity index (χ1) is 8.31. The molecule has 1 fully saturated rings. The van der Waals surface area contributed by atoms with Gasteiger partial charge >= 0.3 is 6.03 Å². The zero-order chi connectivity index (χ0) is 13.5. The summed E-state index contributed by atoms with van der Waals surface area (Å²) in [4.78, 5) is 24.5. The number of nitrogens with zero attached hydrogens (tertiary/aromatic N) is 1. The predicted octanol–water partition coefficient (Wildman–Crippen LogP) is 1.24. The Hall–Kier alpha value is -2.11. The summed E-state index contributed by atoms with van der Waals surface area (Å²) in [6, 6.07) is 3.65. The molecule has 0 radical (unpaired) electrons. The first kappa shape index (κ1) is 12.3. The van der Waals surface area contributed by atoms with Gasteiger partial charge in [-0.25, -0.2) is 9.18 Å². The number of anilines is 1. The molecule has 1 heterocycles. The van der Waals surface area contributed by atoms with Gasteiger partial charge in [0.2, 0.25) is 0 Å². The molecule has 1 aliphatic rings. The number of benzene rings is 1. The summed E-state index contributed by atoms with van der Waals surface area (Å²) in [6.07, 6.45) is 0. The van der Waals surface area contributed by atoms with Crippen LogP contribution in [0.5, 0.6) is 0 Å². The quantitative estimate of drug-likeness (QED) is 0.613. The molecule has 0 aromatic heterocycles. The van der Waals surface area contributed by atoms with Crippen molar-refractivity contribution >= 4 is 17.6 Å². The fourth-order valence-corrected chi connectivity index (χ4v) is 1.82. The van der Waals surface area contributed by atoms with Crippen LogP contribution in [0.2, 0.25) is 0 Å². The van der Waals surface area contributed by atoms with Crippen LogP contribution in [0, 0.1) is 5.82 Å². The Labute approximate surface area is 104 Å². The second kappa shape index (κ2) is 3.97. The van der Waals surface area contributed by atoms with Gasteiger partial charge in [-0.2, -0.15) is 0 Å². The number of hydrogen-bond acceptors (Lipinski definition) is 3. The normalized spacial score (nSPS) is 18.1. The molecule has 0 atom stereocenters. The van der Waals surface area contributed by atoms with Gasteiger partial charge in [-0.3, -0.25) is 9.69 Å². The lowest BCUT2D eigenvalue weighted by molar-refractivity contribution is -0.130. The third-order valence-corrected chi connectivity index (χ3v) is 2.85. The molecule has 5 nitrogen and oxygen atoms in total. The van der Waals surface area contributed by atoms with Crippen LogP contribution in [0.4, 0.5) is 14.9 Å². The van der Waals surface area contributed by atoms with Crippen LogP contribution in [0.3, 0.4) is 0 Å². The average Bonchev–Trinajstić information content (AvgIpc) is 2.44. The minimum absolute atomic E-state index is 0.0970. The number of urea groups is 1. The second-order valence-corrected chi connectivity index (χ2v) is 4.80. The number of amides is 3. The van der Waals surface area contributed by atoms with E-state index in [0.29, 0.717) is 5.69 Å². The molecule has 2 rings (SSSR count). The van der Waals surface area contributed by atoms with Gasteiger partial charge in [-0.15, -0.1) is 0 Å². The molecule has 0 bridgehead atoms. The number of hydrogen-bond donors (Lipinski definition) is 2. The molecular formula is C12H14FN3O2. The van der Waals surface area contributed by atoms with Crippen molar-refractivity contribution in [1.29, 1.82) is 0 Å². The Bertz CT molecular complexity index is 528. The van der Waals surface area contributed by atoms with Crippen molar-refractivity contribution in [3.8, 4) is 0 Å². The Morgan fingerprint density at radius 2 is 2.06 bits per heavy atom. The molecule has 0 unspecified atom stereocenters. The minimum Gasteiger partial charge on any atom is -0.399 e. The summed E-state index contributed by atoms with van der Waals surface area (Å²) in [5.41, 5.74) is 5.05. The van der Waals surface area contributed by atoms with E-state index in [4.69, 9.17) is 5.73 Å². The van der Waals surface area contributed by atoms with Crippen LogP contribution in [0.25, 0.3) is 0 Å². The maximum absolute atomic E-state index is 13.6. The molecule has 6 heteroatoms. The Balaban J connectivity index is 2.24. The van der Waals surface area contributed by atoms with Gasteiger partial charge in [-0.05, 0) is 26.0 Å². The fourth-order valence-electron chi connectivity index (χ4n) is 1.82. The lowest BCUT2D eigenvalue weighted by atomic mass is 10.1. The van der Waals surface area contributed by atoms with E-state index in [1.165, 1.54) is 18.2 Å². The zero-order valence-corrected chi connectivity index (χ0v) is 10.2. The van der Waals surface area contributed by atoms with Crippen molar-refractivity contribution in [2.45, 2.75) is 25.9 Å². The number of carbonyl (C=O) groups is 2. The van der Waals surface area contributed by atoms with Gasteiger partial charge in [0.05, 0.1) is 6.54 Å². The molecule has 0 aliphatic carbocycles. The summed E-state index contributed by atoms with van der Waals surface area (Å²) in [7, 11) is 0. The molecule has 96 valence electrons. The van der Waals surface area contributed by atoms with Gasteiger partial charge in [0, 0.05) is 11.3 Å². The zero-order valence-electron chi connectivity index (χ0n) is 10.2. The average molecular weight is 251 g/mol. The van der Waals surface area contributed by atoms with Crippen molar-refractivity contribution in [3.05, 3.63) is 29.6 Å². The molecule has 1 aromatic carbocycles. The molecule has 1 aliphatic heterocycles. The van der Waals surface area contributed by atoms with E-state index < -0.39 is 17.4 Å². The van der Waals surface area contributed by atoms with E-state index in [0.717, 1.165) is 4.90 Å². The van der Waals surface area contributed by atoms with Gasteiger partial charge in [0.1, 0.15) is 11.4 Å². The van der Waals surface area contributed by atoms with E-state index in [1.54, 1.807) is 13.8 Å². The number of carbonyl (C=O) groups excluding carboxylic acids is 2. The Morgan fingerprint density at radius 1 is 1.39 bits per heavy atom. The van der Waals surface area contributed by atoms with E-state index in [9.17, 15) is 14.0 Å². The third kappa shape index (κ3) is 2.01. The smallest absolute Gasteiger partial charge is 0.325 e. The van der Waals surface area contributed by atoms with E-state index in [-0.39, 0.29) is 18.0 Å². The maximum atomic E-state index is 13.6. The highest BCUT2D eigenvalue weighted by Crippen LogP contribution is 2.21. The Morgan fingerprint density at radius 3 is 2.56 bits per heavy atom. The van der Waals surface area contributed by atoms with Crippen molar-refractivity contribution in [1.82, 2.24) is 10.2 Å². The molecule has 0 saturated carbocycles. The summed E-state index contributed by atoms with van der Waals surface area (Å²) >= 11 is 0. The number of halogens is 1. The first-order valence-corrected chi connectivity index (χ1v) is 5.49. The molecule has 0 spiro atoms. The lowest BCUT2D eigenvalue weighted by Crippen LogP contribution is -2.40. The van der Waals surface area contributed by atoms with Crippen LogP contribution < -0.4 is 11.1 Å². The van der Waals surface area contributed by atoms with Crippen molar-refractivity contribution in [3.63, 3.8) is 0 Å². The SMILES string of the molecule is CC1(C)NC(=O)N(Cc2ccc(N)cc2F)C1=O. The number of nitrogen functional groups attached to an aromatic ring is 1. The minimum atomic E-state index is -0.943. The summed E-state index contributed by atoms with van der Waals surface area (Å²) < 4.78 is 13.6. The highest BCUT2D eigenvalue weighted by atomic mass is 19.1. The van der Waals surface area contributed by atoms with Crippen LogP contribution in [0.1, 0.15) is 19.4 Å². The van der Waals surface area contributed by atoms with Crippen LogP contribution in [-0.4, -0.2) is 22.4 Å². The predicted molar refractivity (Wildman–Crippen MR) is 64.0 cm³/mol. The van der Waals surface area contributed by atoms with Crippen molar-refractivity contribution < 1.29 is 14.0 Å². The van der Waals surface area contributed by atoms with Crippen LogP contribution >= 0.6 is 0 Å². The summed E-state index contributed by atoms with van der Waals surface area (Å²) in [5.74, 6) is -0.899. The van der Waals surface area contributed by atoms with Crippen molar-refractivity contribution in [2.75, 3.05) is 5.73 Å². The van der Waals surface area contributed by atoms with E-state index in [2.05, 4.69) is 5.32 Å². The monoisotopic (exact) mass is 251 g/mol. The van der Waals surface area contributed by atoms with Crippen molar-refractivity contribution in [2.24, 2.45) is 0 Å². The molecule has 1 aromatic rings. The molecule has 3 amide bonds. The summed E-state index contributed by atoms with van der Waals surface area (Å²) in [5, 5.41) is 2.53. The van der Waals surface area contributed by atoms with Crippen LogP contribution in [-0.2, 0) is 11.3 Å². The number of rotatable bonds is 2. The highest BCUT2D eigenvalue weighted by molar-refractivity contribution is 6.06. The Kier molecular flexibility index (Phi) is 2.73. The number of imide groups is 1.